The average Bonchev–Trinajstić information content (AvgIpc) is 3.36. The number of nitrogens with one attached hydrogen (secondary N) is 2. The number of thioether (sulfide) groups is 2. The molecule has 4 heterocycles. The van der Waals surface area contributed by atoms with Crippen LogP contribution >= 0.6 is 34.9 Å². The van der Waals surface area contributed by atoms with Gasteiger partial charge in [-0.3, -0.25) is 24.8 Å². The summed E-state index contributed by atoms with van der Waals surface area (Å²) in [5.41, 5.74) is 11.4. The second-order valence-corrected chi connectivity index (χ2v) is 11.6. The number of aliphatic imine (C=N–C) groups is 1. The SMILES string of the molecule is CNC1C=C(N)N=C(SCC2=C(C(=O)O)N3C(=O)C(NC(=O)/C(=N\OC(C)C(=O)O)c4csc(N)n4)[C@@H]3SC2)N1N. The zero-order valence-corrected chi connectivity index (χ0v) is 24.0. The number of likely N-dealkylation sites (N-methyl/N-ethyl adjacent to an activating group) is 1. The number of amides is 2. The van der Waals surface area contributed by atoms with E-state index in [1.54, 1.807) is 13.1 Å². The molecule has 0 aromatic carbocycles. The van der Waals surface area contributed by atoms with Crippen molar-refractivity contribution in [2.75, 3.05) is 24.3 Å². The second-order valence-electron chi connectivity index (χ2n) is 8.63. The van der Waals surface area contributed by atoms with Crippen LogP contribution in [0.15, 0.2) is 38.7 Å². The van der Waals surface area contributed by atoms with E-state index in [4.69, 9.17) is 27.3 Å². The highest BCUT2D eigenvalue weighted by Gasteiger charge is 2.54. The molecule has 1 aromatic heterocycles. The van der Waals surface area contributed by atoms with Gasteiger partial charge in [-0.15, -0.1) is 23.1 Å². The number of nitrogens with zero attached hydrogens (tertiary/aromatic N) is 5. The first kappa shape index (κ1) is 30.1. The fraction of sp³-hybridized carbons (Fsp3) is 0.381. The number of oxime groups is 1. The minimum absolute atomic E-state index is 0.0171. The van der Waals surface area contributed by atoms with Crippen LogP contribution in [0.25, 0.3) is 0 Å². The summed E-state index contributed by atoms with van der Waals surface area (Å²) in [5, 5.41) is 30.7. The number of β-lactam (4-membered cyclic amide) rings is 1. The molecule has 1 aromatic rings. The fourth-order valence-electron chi connectivity index (χ4n) is 3.83. The maximum Gasteiger partial charge on any atom is 0.352 e. The lowest BCUT2D eigenvalue weighted by atomic mass is 10.0. The van der Waals surface area contributed by atoms with Crippen molar-refractivity contribution < 1.29 is 34.2 Å². The van der Waals surface area contributed by atoms with Gasteiger partial charge in [0.1, 0.15) is 34.8 Å². The Kier molecular flexibility index (Phi) is 9.07. The van der Waals surface area contributed by atoms with Crippen LogP contribution in [0, 0.1) is 0 Å². The number of carboxylic acids is 2. The third-order valence-corrected chi connectivity index (χ3v) is 8.98. The average molecular weight is 627 g/mol. The van der Waals surface area contributed by atoms with Crippen LogP contribution < -0.4 is 27.9 Å². The van der Waals surface area contributed by atoms with Crippen molar-refractivity contribution in [1.29, 1.82) is 0 Å². The molecule has 41 heavy (non-hydrogen) atoms. The molecule has 1 fully saturated rings. The summed E-state index contributed by atoms with van der Waals surface area (Å²) < 4.78 is 0. The zero-order valence-electron chi connectivity index (χ0n) is 21.5. The molecule has 3 aliphatic heterocycles. The number of nitrogen functional groups attached to an aromatic ring is 1. The van der Waals surface area contributed by atoms with Gasteiger partial charge in [0, 0.05) is 16.9 Å². The van der Waals surface area contributed by atoms with E-state index < -0.39 is 53.2 Å². The lowest BCUT2D eigenvalue weighted by Crippen LogP contribution is -2.71. The van der Waals surface area contributed by atoms with Crippen LogP contribution in [0.5, 0.6) is 0 Å². The smallest absolute Gasteiger partial charge is 0.352 e. The molecule has 4 rings (SSSR count). The molecule has 20 heteroatoms. The van der Waals surface area contributed by atoms with Crippen molar-refractivity contribution in [3.8, 4) is 0 Å². The lowest BCUT2D eigenvalue weighted by molar-refractivity contribution is -0.150. The summed E-state index contributed by atoms with van der Waals surface area (Å²) in [7, 11) is 1.69. The number of anilines is 1. The number of amidine groups is 1. The minimum Gasteiger partial charge on any atom is -0.478 e. The maximum absolute atomic E-state index is 13.1. The number of carbonyl (C=O) groups excluding carboxylic acids is 2. The van der Waals surface area contributed by atoms with E-state index >= 15 is 0 Å². The normalized spacial score (nSPS) is 23.2. The van der Waals surface area contributed by atoms with Crippen LogP contribution in [-0.4, -0.2) is 102 Å². The van der Waals surface area contributed by atoms with Gasteiger partial charge in [0.05, 0.1) is 0 Å². The number of hydrogen-bond donors (Lipinski definition) is 7. The molecule has 220 valence electrons. The Labute approximate surface area is 244 Å². The van der Waals surface area contributed by atoms with Gasteiger partial charge in [-0.1, -0.05) is 16.9 Å². The number of carboxylic acid groups (broad SMARTS) is 2. The highest BCUT2D eigenvalue weighted by Crippen LogP contribution is 2.41. The Balaban J connectivity index is 1.49. The van der Waals surface area contributed by atoms with Crippen molar-refractivity contribution in [3.63, 3.8) is 0 Å². The van der Waals surface area contributed by atoms with Crippen molar-refractivity contribution >= 4 is 74.6 Å². The first-order valence-electron chi connectivity index (χ1n) is 11.7. The van der Waals surface area contributed by atoms with Crippen LogP contribution in [0.4, 0.5) is 5.13 Å². The Morgan fingerprint density at radius 3 is 2.68 bits per heavy atom. The van der Waals surface area contributed by atoms with Gasteiger partial charge >= 0.3 is 11.9 Å². The Morgan fingerprint density at radius 1 is 1.34 bits per heavy atom. The minimum atomic E-state index is -1.37. The molecule has 0 saturated carbocycles. The third-order valence-electron chi connectivity index (χ3n) is 5.91. The Hall–Kier alpha value is -3.85. The summed E-state index contributed by atoms with van der Waals surface area (Å²) in [6.45, 7) is 1.22. The van der Waals surface area contributed by atoms with E-state index in [0.29, 0.717) is 10.7 Å². The van der Waals surface area contributed by atoms with Gasteiger partial charge in [0.25, 0.3) is 11.8 Å². The number of rotatable bonds is 10. The predicted molar refractivity (Wildman–Crippen MR) is 152 cm³/mol. The van der Waals surface area contributed by atoms with Crippen molar-refractivity contribution in [2.45, 2.75) is 30.6 Å². The summed E-state index contributed by atoms with van der Waals surface area (Å²) in [5.74, 6) is 2.62. The molecular weight excluding hydrogens is 600 g/mol. The highest BCUT2D eigenvalue weighted by molar-refractivity contribution is 8.14. The van der Waals surface area contributed by atoms with E-state index in [1.165, 1.54) is 40.8 Å². The molecule has 2 amide bonds. The molecule has 0 radical (unpaired) electrons. The number of fused-ring (bicyclic) bond motifs is 1. The van der Waals surface area contributed by atoms with Gasteiger partial charge < -0.3 is 31.8 Å². The standard InChI is InChI=1S/C21H26N10O7S3/c1-7(18(34)35)38-29-12(9-6-40-20(23)26-9)15(32)28-13-16(33)30-14(19(36)37)8(4-39-17(13)30)5-41-21-27-10(22)3-11(25-2)31(21)24/h3,6-7,11,13,17,25H,4-5,22,24H2,1-2H3,(H2,23,26)(H,28,32)(H,34,35)(H,36,37)/b29-12-/t7?,11?,13?,17-/m0/s1. The number of aliphatic carboxylic acids is 2. The van der Waals surface area contributed by atoms with E-state index in [-0.39, 0.29) is 33.8 Å². The zero-order chi connectivity index (χ0) is 30.0. The van der Waals surface area contributed by atoms with Gasteiger partial charge in [-0.2, -0.15) is 0 Å². The number of hydrazine groups is 1. The number of hydrogen-bond acceptors (Lipinski definition) is 16. The Morgan fingerprint density at radius 2 is 2.07 bits per heavy atom. The molecule has 10 N–H and O–H groups in total. The number of nitrogens with two attached hydrogens (primary N) is 3. The summed E-state index contributed by atoms with van der Waals surface area (Å²) in [6, 6.07) is -1.09. The Bertz CT molecular complexity index is 1390. The molecule has 0 spiro atoms. The van der Waals surface area contributed by atoms with Gasteiger partial charge in [-0.05, 0) is 25.6 Å². The second kappa shape index (κ2) is 12.3. The molecule has 3 aliphatic rings. The monoisotopic (exact) mass is 626 g/mol. The molecule has 17 nitrogen and oxygen atoms in total. The van der Waals surface area contributed by atoms with E-state index in [1.807, 2.05) is 0 Å². The first-order chi connectivity index (χ1) is 19.4. The van der Waals surface area contributed by atoms with E-state index in [2.05, 4.69) is 25.8 Å². The summed E-state index contributed by atoms with van der Waals surface area (Å²) in [4.78, 5) is 63.8. The molecular formula is C21H26N10O7S3. The van der Waals surface area contributed by atoms with Crippen molar-refractivity contribution in [3.05, 3.63) is 34.2 Å². The van der Waals surface area contributed by atoms with E-state index in [9.17, 15) is 24.3 Å². The molecule has 3 unspecified atom stereocenters. The van der Waals surface area contributed by atoms with Crippen LogP contribution in [0.3, 0.4) is 0 Å². The largest absolute Gasteiger partial charge is 0.478 e. The third kappa shape index (κ3) is 6.25. The van der Waals surface area contributed by atoms with Crippen molar-refractivity contribution in [2.24, 2.45) is 21.7 Å². The number of aromatic nitrogens is 1. The molecule has 1 saturated heterocycles. The first-order valence-corrected chi connectivity index (χ1v) is 14.6. The highest BCUT2D eigenvalue weighted by atomic mass is 32.2. The lowest BCUT2D eigenvalue weighted by Gasteiger charge is -2.49. The van der Waals surface area contributed by atoms with Crippen LogP contribution in [-0.2, 0) is 24.0 Å². The van der Waals surface area contributed by atoms with Crippen LogP contribution in [0.2, 0.25) is 0 Å². The van der Waals surface area contributed by atoms with Crippen LogP contribution in [0.1, 0.15) is 12.6 Å². The van der Waals surface area contributed by atoms with E-state index in [0.717, 1.165) is 16.2 Å². The summed E-state index contributed by atoms with van der Waals surface area (Å²) >= 11 is 3.45. The number of carbonyl (C=O) groups is 4. The van der Waals surface area contributed by atoms with Gasteiger partial charge in [0.15, 0.2) is 16.0 Å². The molecule has 0 aliphatic carbocycles. The van der Waals surface area contributed by atoms with Gasteiger partial charge in [-0.25, -0.2) is 25.4 Å². The summed E-state index contributed by atoms with van der Waals surface area (Å²) in [6.07, 6.45) is -0.148. The van der Waals surface area contributed by atoms with Crippen molar-refractivity contribution in [1.82, 2.24) is 25.5 Å². The molecule has 4 atom stereocenters. The quantitative estimate of drug-likeness (QED) is 0.0659. The fourth-order valence-corrected chi connectivity index (χ4v) is 6.83. The van der Waals surface area contributed by atoms with Gasteiger partial charge in [0.2, 0.25) is 6.10 Å². The number of thiazole rings is 1. The molecule has 0 bridgehead atoms. The maximum atomic E-state index is 13.1. The topological polar surface area (TPSA) is 264 Å². The predicted octanol–water partition coefficient (Wildman–Crippen LogP) is -1.72.